The molecule has 0 spiro atoms. The van der Waals surface area contributed by atoms with Gasteiger partial charge in [0.1, 0.15) is 0 Å². The van der Waals surface area contributed by atoms with Crippen molar-refractivity contribution in [3.63, 3.8) is 0 Å². The first-order valence-corrected chi connectivity index (χ1v) is 8.53. The first-order valence-electron chi connectivity index (χ1n) is 7.74. The Labute approximate surface area is 127 Å². The predicted octanol–water partition coefficient (Wildman–Crippen LogP) is 5.33. The van der Waals surface area contributed by atoms with E-state index in [1.165, 1.54) is 44.1 Å². The molecule has 1 rings (SSSR count). The standard InChI is InChI=1S/C17H28BrN/c1-3-5-6-7-8-17(19-13-4-2)14-15-9-11-16(18)12-10-15/h9-12,17,19H,3-8,13-14H2,1-2H3. The van der Waals surface area contributed by atoms with E-state index in [1.54, 1.807) is 0 Å². The number of nitrogens with one attached hydrogen (secondary N) is 1. The minimum absolute atomic E-state index is 0.637. The van der Waals surface area contributed by atoms with Gasteiger partial charge < -0.3 is 5.32 Å². The van der Waals surface area contributed by atoms with Crippen molar-refractivity contribution in [3.05, 3.63) is 34.3 Å². The van der Waals surface area contributed by atoms with Crippen molar-refractivity contribution in [3.8, 4) is 0 Å². The van der Waals surface area contributed by atoms with Crippen LogP contribution in [0.1, 0.15) is 57.9 Å². The lowest BCUT2D eigenvalue weighted by molar-refractivity contribution is 0.453. The summed E-state index contributed by atoms with van der Waals surface area (Å²) in [5.74, 6) is 0. The van der Waals surface area contributed by atoms with Gasteiger partial charge in [-0.3, -0.25) is 0 Å². The number of benzene rings is 1. The molecule has 1 atom stereocenters. The molecule has 1 unspecified atom stereocenters. The van der Waals surface area contributed by atoms with Gasteiger partial charge in [-0.15, -0.1) is 0 Å². The zero-order valence-corrected chi connectivity index (χ0v) is 14.0. The van der Waals surface area contributed by atoms with Gasteiger partial charge in [0.05, 0.1) is 0 Å². The maximum Gasteiger partial charge on any atom is 0.0175 e. The largest absolute Gasteiger partial charge is 0.314 e. The van der Waals surface area contributed by atoms with Crippen molar-refractivity contribution in [2.75, 3.05) is 6.54 Å². The Hall–Kier alpha value is -0.340. The number of unbranched alkanes of at least 4 members (excludes halogenated alkanes) is 3. The molecule has 0 aliphatic heterocycles. The second-order valence-electron chi connectivity index (χ2n) is 5.33. The van der Waals surface area contributed by atoms with Gasteiger partial charge in [0.25, 0.3) is 0 Å². The van der Waals surface area contributed by atoms with Gasteiger partial charge in [-0.2, -0.15) is 0 Å². The van der Waals surface area contributed by atoms with Crippen LogP contribution >= 0.6 is 15.9 Å². The van der Waals surface area contributed by atoms with Crippen LogP contribution in [-0.2, 0) is 6.42 Å². The summed E-state index contributed by atoms with van der Waals surface area (Å²) in [6, 6.07) is 9.39. The molecular weight excluding hydrogens is 298 g/mol. The molecule has 1 aromatic carbocycles. The van der Waals surface area contributed by atoms with E-state index in [9.17, 15) is 0 Å². The molecule has 1 aromatic rings. The zero-order chi connectivity index (χ0) is 13.9. The molecule has 0 saturated carbocycles. The number of rotatable bonds is 10. The normalized spacial score (nSPS) is 12.6. The Morgan fingerprint density at radius 1 is 1.00 bits per heavy atom. The summed E-state index contributed by atoms with van der Waals surface area (Å²) in [5.41, 5.74) is 1.44. The molecule has 0 amide bonds. The Bertz CT molecular complexity index is 321. The summed E-state index contributed by atoms with van der Waals surface area (Å²) >= 11 is 3.50. The highest BCUT2D eigenvalue weighted by Crippen LogP contribution is 2.14. The van der Waals surface area contributed by atoms with E-state index < -0.39 is 0 Å². The van der Waals surface area contributed by atoms with Crippen LogP contribution in [0.5, 0.6) is 0 Å². The van der Waals surface area contributed by atoms with Gasteiger partial charge in [0.2, 0.25) is 0 Å². The third-order valence-electron chi connectivity index (χ3n) is 3.48. The maximum atomic E-state index is 3.70. The monoisotopic (exact) mass is 325 g/mol. The Morgan fingerprint density at radius 3 is 2.37 bits per heavy atom. The summed E-state index contributed by atoms with van der Waals surface area (Å²) in [4.78, 5) is 0. The number of hydrogen-bond acceptors (Lipinski definition) is 1. The molecule has 108 valence electrons. The molecular formula is C17H28BrN. The molecule has 0 heterocycles. The third-order valence-corrected chi connectivity index (χ3v) is 4.01. The third kappa shape index (κ3) is 7.74. The quantitative estimate of drug-likeness (QED) is 0.573. The van der Waals surface area contributed by atoms with E-state index >= 15 is 0 Å². The minimum atomic E-state index is 0.637. The number of halogens is 1. The van der Waals surface area contributed by atoms with Gasteiger partial charge in [-0.05, 0) is 43.5 Å². The summed E-state index contributed by atoms with van der Waals surface area (Å²) in [6.07, 6.45) is 9.09. The smallest absolute Gasteiger partial charge is 0.0175 e. The van der Waals surface area contributed by atoms with E-state index in [2.05, 4.69) is 59.4 Å². The van der Waals surface area contributed by atoms with Crippen molar-refractivity contribution in [1.82, 2.24) is 5.32 Å². The Morgan fingerprint density at radius 2 is 1.74 bits per heavy atom. The van der Waals surface area contributed by atoms with E-state index in [4.69, 9.17) is 0 Å². The van der Waals surface area contributed by atoms with Gasteiger partial charge in [-0.1, -0.05) is 67.6 Å². The van der Waals surface area contributed by atoms with Gasteiger partial charge in [0.15, 0.2) is 0 Å². The van der Waals surface area contributed by atoms with Crippen LogP contribution in [0.3, 0.4) is 0 Å². The second kappa shape index (κ2) is 10.4. The van der Waals surface area contributed by atoms with E-state index in [0.717, 1.165) is 17.4 Å². The first kappa shape index (κ1) is 16.7. The highest BCUT2D eigenvalue weighted by atomic mass is 79.9. The van der Waals surface area contributed by atoms with Crippen LogP contribution in [0, 0.1) is 0 Å². The highest BCUT2D eigenvalue weighted by Gasteiger charge is 2.08. The summed E-state index contributed by atoms with van der Waals surface area (Å²) in [7, 11) is 0. The lowest BCUT2D eigenvalue weighted by Crippen LogP contribution is -2.31. The maximum absolute atomic E-state index is 3.70. The van der Waals surface area contributed by atoms with Crippen LogP contribution in [0.4, 0.5) is 0 Å². The summed E-state index contributed by atoms with van der Waals surface area (Å²) in [6.45, 7) is 5.64. The average molecular weight is 326 g/mol. The fraction of sp³-hybridized carbons (Fsp3) is 0.647. The molecule has 0 aliphatic rings. The fourth-order valence-electron chi connectivity index (χ4n) is 2.35. The van der Waals surface area contributed by atoms with Crippen LogP contribution in [0.2, 0.25) is 0 Å². The van der Waals surface area contributed by atoms with E-state index in [0.29, 0.717) is 6.04 Å². The molecule has 0 fully saturated rings. The SMILES string of the molecule is CCCCCCC(Cc1ccc(Br)cc1)NCCC. The second-order valence-corrected chi connectivity index (χ2v) is 6.25. The van der Waals surface area contributed by atoms with Crippen LogP contribution in [-0.4, -0.2) is 12.6 Å². The Balaban J connectivity index is 2.41. The minimum Gasteiger partial charge on any atom is -0.314 e. The first-order chi connectivity index (χ1) is 9.26. The van der Waals surface area contributed by atoms with E-state index in [-0.39, 0.29) is 0 Å². The Kier molecular flexibility index (Phi) is 9.19. The molecule has 1 N–H and O–H groups in total. The summed E-state index contributed by atoms with van der Waals surface area (Å²) in [5, 5.41) is 3.70. The van der Waals surface area contributed by atoms with Crippen molar-refractivity contribution < 1.29 is 0 Å². The molecule has 19 heavy (non-hydrogen) atoms. The average Bonchev–Trinajstić information content (AvgIpc) is 2.43. The van der Waals surface area contributed by atoms with Crippen molar-refractivity contribution in [1.29, 1.82) is 0 Å². The molecule has 0 bridgehead atoms. The van der Waals surface area contributed by atoms with Gasteiger partial charge in [0, 0.05) is 10.5 Å². The molecule has 0 aliphatic carbocycles. The fourth-order valence-corrected chi connectivity index (χ4v) is 2.61. The van der Waals surface area contributed by atoms with E-state index in [1.807, 2.05) is 0 Å². The summed E-state index contributed by atoms with van der Waals surface area (Å²) < 4.78 is 1.16. The molecule has 0 saturated heterocycles. The zero-order valence-electron chi connectivity index (χ0n) is 12.4. The molecule has 0 aromatic heterocycles. The lowest BCUT2D eigenvalue weighted by Gasteiger charge is -2.18. The van der Waals surface area contributed by atoms with Gasteiger partial charge >= 0.3 is 0 Å². The van der Waals surface area contributed by atoms with Crippen molar-refractivity contribution >= 4 is 15.9 Å². The van der Waals surface area contributed by atoms with Crippen molar-refractivity contribution in [2.45, 2.75) is 64.8 Å². The van der Waals surface area contributed by atoms with Crippen molar-refractivity contribution in [2.24, 2.45) is 0 Å². The lowest BCUT2D eigenvalue weighted by atomic mass is 10.00. The predicted molar refractivity (Wildman–Crippen MR) is 88.7 cm³/mol. The van der Waals surface area contributed by atoms with Gasteiger partial charge in [-0.25, -0.2) is 0 Å². The number of hydrogen-bond donors (Lipinski definition) is 1. The van der Waals surface area contributed by atoms with Crippen LogP contribution < -0.4 is 5.32 Å². The molecule has 2 heteroatoms. The molecule has 0 radical (unpaired) electrons. The molecule has 1 nitrogen and oxygen atoms in total. The highest BCUT2D eigenvalue weighted by molar-refractivity contribution is 9.10. The topological polar surface area (TPSA) is 12.0 Å². The van der Waals surface area contributed by atoms with Crippen LogP contribution in [0.25, 0.3) is 0 Å². The van der Waals surface area contributed by atoms with Crippen LogP contribution in [0.15, 0.2) is 28.7 Å².